The average Bonchev–Trinajstić information content (AvgIpc) is 2.95. The highest BCUT2D eigenvalue weighted by atomic mass is 32.1. The Labute approximate surface area is 133 Å². The monoisotopic (exact) mass is 321 g/mol. The maximum Gasteiger partial charge on any atom is 0.309 e. The number of aliphatic carboxylic acids is 1. The van der Waals surface area contributed by atoms with Crippen LogP contribution in [0.15, 0.2) is 23.6 Å². The molecule has 0 radical (unpaired) electrons. The van der Waals surface area contributed by atoms with Gasteiger partial charge in [0.25, 0.3) is 0 Å². The molecule has 0 bridgehead atoms. The van der Waals surface area contributed by atoms with Crippen LogP contribution in [-0.4, -0.2) is 29.8 Å². The lowest BCUT2D eigenvalue weighted by Crippen LogP contribution is -2.01. The van der Waals surface area contributed by atoms with Gasteiger partial charge in [-0.2, -0.15) is 0 Å². The minimum atomic E-state index is -0.887. The van der Waals surface area contributed by atoms with Crippen LogP contribution in [0.2, 0.25) is 0 Å². The van der Waals surface area contributed by atoms with Gasteiger partial charge in [-0.05, 0) is 18.6 Å². The first-order valence-electron chi connectivity index (χ1n) is 7.12. The molecule has 1 heterocycles. The quantitative estimate of drug-likeness (QED) is 0.752. The molecule has 6 heteroatoms. The molecule has 1 aromatic carbocycles. The summed E-state index contributed by atoms with van der Waals surface area (Å²) >= 11 is 1.41. The van der Waals surface area contributed by atoms with Crippen LogP contribution in [0.3, 0.4) is 0 Å². The number of rotatable bonds is 8. The van der Waals surface area contributed by atoms with Gasteiger partial charge in [0.05, 0.1) is 31.4 Å². The Morgan fingerprint density at radius 1 is 1.41 bits per heavy atom. The number of methoxy groups -OCH3 is 1. The smallest absolute Gasteiger partial charge is 0.309 e. The molecular weight excluding hydrogens is 302 g/mol. The number of unbranched alkanes of at least 4 members (excludes halogenated alkanes) is 1. The fourth-order valence-corrected chi connectivity index (χ4v) is 2.82. The molecule has 0 aliphatic heterocycles. The second-order valence-corrected chi connectivity index (χ2v) is 5.61. The highest BCUT2D eigenvalue weighted by Gasteiger charge is 2.16. The zero-order valence-electron chi connectivity index (χ0n) is 12.7. The number of carbonyl (C=O) groups is 1. The molecule has 5 nitrogen and oxygen atoms in total. The van der Waals surface area contributed by atoms with Gasteiger partial charge in [0.1, 0.15) is 5.01 Å². The Balaban J connectivity index is 2.32. The standard InChI is InChI=1S/C16H19NO4S/c1-3-4-8-21-15-12(6-5-7-13(15)20-2)16-17-11(10-22-16)9-14(18)19/h5-7,10H,3-4,8-9H2,1-2H3,(H,18,19). The third-order valence-electron chi connectivity index (χ3n) is 3.06. The van der Waals surface area contributed by atoms with Crippen LogP contribution in [-0.2, 0) is 11.2 Å². The van der Waals surface area contributed by atoms with Gasteiger partial charge < -0.3 is 14.6 Å². The first-order valence-corrected chi connectivity index (χ1v) is 8.00. The normalized spacial score (nSPS) is 10.5. The molecule has 0 amide bonds. The summed E-state index contributed by atoms with van der Waals surface area (Å²) in [6.45, 7) is 2.71. The van der Waals surface area contributed by atoms with Crippen molar-refractivity contribution in [3.63, 3.8) is 0 Å². The van der Waals surface area contributed by atoms with Gasteiger partial charge in [0, 0.05) is 5.38 Å². The van der Waals surface area contributed by atoms with Crippen molar-refractivity contribution in [1.29, 1.82) is 0 Å². The predicted octanol–water partition coefficient (Wildman–Crippen LogP) is 3.62. The number of thiazole rings is 1. The van der Waals surface area contributed by atoms with Crippen LogP contribution in [0.4, 0.5) is 0 Å². The fraction of sp³-hybridized carbons (Fsp3) is 0.375. The second kappa shape index (κ2) is 7.79. The van der Waals surface area contributed by atoms with Crippen LogP contribution in [0.5, 0.6) is 11.5 Å². The minimum absolute atomic E-state index is 0.0769. The van der Waals surface area contributed by atoms with E-state index in [9.17, 15) is 4.79 Å². The van der Waals surface area contributed by atoms with Crippen LogP contribution >= 0.6 is 11.3 Å². The summed E-state index contributed by atoms with van der Waals surface area (Å²) in [6.07, 6.45) is 1.93. The molecule has 0 unspecified atom stereocenters. The van der Waals surface area contributed by atoms with Gasteiger partial charge in [0.2, 0.25) is 0 Å². The molecule has 118 valence electrons. The van der Waals surface area contributed by atoms with E-state index in [1.807, 2.05) is 18.2 Å². The van der Waals surface area contributed by atoms with Crippen LogP contribution in [0.1, 0.15) is 25.5 Å². The van der Waals surface area contributed by atoms with Crippen molar-refractivity contribution < 1.29 is 19.4 Å². The van der Waals surface area contributed by atoms with Crippen molar-refractivity contribution in [3.05, 3.63) is 29.3 Å². The Morgan fingerprint density at radius 2 is 2.23 bits per heavy atom. The second-order valence-electron chi connectivity index (χ2n) is 4.75. The summed E-state index contributed by atoms with van der Waals surface area (Å²) < 4.78 is 11.2. The Kier molecular flexibility index (Phi) is 5.77. The molecule has 0 saturated heterocycles. The number of ether oxygens (including phenoxy) is 2. The van der Waals surface area contributed by atoms with Gasteiger partial charge in [-0.25, -0.2) is 4.98 Å². The number of carboxylic acids is 1. The summed E-state index contributed by atoms with van der Waals surface area (Å²) in [5.41, 5.74) is 1.38. The first kappa shape index (κ1) is 16.3. The molecule has 0 aliphatic rings. The summed E-state index contributed by atoms with van der Waals surface area (Å²) in [6, 6.07) is 5.63. The van der Waals surface area contributed by atoms with Crippen molar-refractivity contribution in [2.24, 2.45) is 0 Å². The lowest BCUT2D eigenvalue weighted by Gasteiger charge is -2.13. The molecule has 2 rings (SSSR count). The molecule has 0 spiro atoms. The van der Waals surface area contributed by atoms with Gasteiger partial charge >= 0.3 is 5.97 Å². The van der Waals surface area contributed by atoms with Crippen molar-refractivity contribution >= 4 is 17.3 Å². The maximum atomic E-state index is 10.8. The van der Waals surface area contributed by atoms with E-state index >= 15 is 0 Å². The van der Waals surface area contributed by atoms with E-state index in [0.29, 0.717) is 23.8 Å². The molecule has 0 atom stereocenters. The topological polar surface area (TPSA) is 68.7 Å². The highest BCUT2D eigenvalue weighted by Crippen LogP contribution is 2.39. The number of carboxylic acid groups (broad SMARTS) is 1. The van der Waals surface area contributed by atoms with E-state index in [0.717, 1.165) is 23.4 Å². The summed E-state index contributed by atoms with van der Waals surface area (Å²) in [4.78, 5) is 15.2. The van der Waals surface area contributed by atoms with Crippen LogP contribution in [0, 0.1) is 0 Å². The molecule has 0 fully saturated rings. The maximum absolute atomic E-state index is 10.8. The number of benzene rings is 1. The van der Waals surface area contributed by atoms with Crippen molar-refractivity contribution in [2.75, 3.05) is 13.7 Å². The zero-order chi connectivity index (χ0) is 15.9. The van der Waals surface area contributed by atoms with Crippen molar-refractivity contribution in [1.82, 2.24) is 4.98 Å². The molecule has 1 N–H and O–H groups in total. The van der Waals surface area contributed by atoms with E-state index in [1.54, 1.807) is 12.5 Å². The lowest BCUT2D eigenvalue weighted by molar-refractivity contribution is -0.136. The summed E-state index contributed by atoms with van der Waals surface area (Å²) in [5.74, 6) is 0.431. The molecule has 2 aromatic rings. The Bertz CT molecular complexity index is 639. The van der Waals surface area contributed by atoms with E-state index in [2.05, 4.69) is 11.9 Å². The van der Waals surface area contributed by atoms with Crippen molar-refractivity contribution in [2.45, 2.75) is 26.2 Å². The molecule has 0 saturated carbocycles. The first-order chi connectivity index (χ1) is 10.7. The third-order valence-corrected chi connectivity index (χ3v) is 3.98. The van der Waals surface area contributed by atoms with Crippen molar-refractivity contribution in [3.8, 4) is 22.1 Å². The largest absolute Gasteiger partial charge is 0.493 e. The Hall–Kier alpha value is -2.08. The lowest BCUT2D eigenvalue weighted by atomic mass is 10.2. The summed E-state index contributed by atoms with van der Waals surface area (Å²) in [7, 11) is 1.60. The molecular formula is C16H19NO4S. The van der Waals surface area contributed by atoms with Crippen LogP contribution < -0.4 is 9.47 Å². The highest BCUT2D eigenvalue weighted by molar-refractivity contribution is 7.13. The van der Waals surface area contributed by atoms with E-state index in [4.69, 9.17) is 14.6 Å². The third kappa shape index (κ3) is 3.98. The number of para-hydroxylation sites is 1. The van der Waals surface area contributed by atoms with Crippen LogP contribution in [0.25, 0.3) is 10.6 Å². The summed E-state index contributed by atoms with van der Waals surface area (Å²) in [5, 5.41) is 11.3. The minimum Gasteiger partial charge on any atom is -0.493 e. The number of hydrogen-bond acceptors (Lipinski definition) is 5. The molecule has 0 aliphatic carbocycles. The Morgan fingerprint density at radius 3 is 2.91 bits per heavy atom. The van der Waals surface area contributed by atoms with Gasteiger partial charge in [-0.1, -0.05) is 19.4 Å². The SMILES string of the molecule is CCCCOc1c(OC)cccc1-c1nc(CC(=O)O)cs1. The van der Waals surface area contributed by atoms with E-state index in [-0.39, 0.29) is 6.42 Å². The van der Waals surface area contributed by atoms with Gasteiger partial charge in [-0.15, -0.1) is 11.3 Å². The van der Waals surface area contributed by atoms with E-state index in [1.165, 1.54) is 11.3 Å². The number of hydrogen-bond donors (Lipinski definition) is 1. The number of nitrogens with zero attached hydrogens (tertiary/aromatic N) is 1. The predicted molar refractivity (Wildman–Crippen MR) is 85.8 cm³/mol. The fourth-order valence-electron chi connectivity index (χ4n) is 1.98. The number of aromatic nitrogens is 1. The molecule has 22 heavy (non-hydrogen) atoms. The zero-order valence-corrected chi connectivity index (χ0v) is 13.5. The molecule has 1 aromatic heterocycles. The van der Waals surface area contributed by atoms with Gasteiger partial charge in [0.15, 0.2) is 11.5 Å². The van der Waals surface area contributed by atoms with Gasteiger partial charge in [-0.3, -0.25) is 4.79 Å². The van der Waals surface area contributed by atoms with E-state index < -0.39 is 5.97 Å². The average molecular weight is 321 g/mol.